The first-order valence-electron chi connectivity index (χ1n) is 9.16. The monoisotopic (exact) mass is 343 g/mol. The lowest BCUT2D eigenvalue weighted by Crippen LogP contribution is -2.41. The third-order valence-corrected chi connectivity index (χ3v) is 5.04. The Balaban J connectivity index is 1.27. The number of nitrogens with zero attached hydrogens (tertiary/aromatic N) is 4. The number of hydrogen-bond donors (Lipinski definition) is 1. The molecule has 2 aromatic rings. The molecule has 0 aromatic carbocycles. The summed E-state index contributed by atoms with van der Waals surface area (Å²) in [5.74, 6) is 3.27. The number of carbonyl (C=O) groups excluding carboxylic acids is 1. The number of furan rings is 1. The van der Waals surface area contributed by atoms with Gasteiger partial charge in [0.25, 0.3) is 0 Å². The lowest BCUT2D eigenvalue weighted by Gasteiger charge is -2.21. The molecule has 4 rings (SSSR count). The van der Waals surface area contributed by atoms with Gasteiger partial charge in [-0.2, -0.15) is 5.10 Å². The van der Waals surface area contributed by atoms with Gasteiger partial charge in [-0.3, -0.25) is 4.68 Å². The van der Waals surface area contributed by atoms with Crippen LogP contribution in [0.3, 0.4) is 0 Å². The topological polar surface area (TPSA) is 76.2 Å². The van der Waals surface area contributed by atoms with E-state index < -0.39 is 0 Å². The van der Waals surface area contributed by atoms with E-state index >= 15 is 0 Å². The van der Waals surface area contributed by atoms with Gasteiger partial charge < -0.3 is 14.6 Å². The van der Waals surface area contributed by atoms with Gasteiger partial charge in [0.2, 0.25) is 0 Å². The number of nitrogens with one attached hydrogen (secondary N) is 1. The molecule has 0 aliphatic heterocycles. The molecule has 0 saturated heterocycles. The molecule has 0 radical (unpaired) electrons. The molecule has 2 saturated carbocycles. The molecule has 0 bridgehead atoms. The fourth-order valence-electron chi connectivity index (χ4n) is 3.20. The predicted molar refractivity (Wildman–Crippen MR) is 91.8 cm³/mol. The maximum Gasteiger partial charge on any atom is 0.318 e. The Hall–Kier alpha value is -2.31. The maximum absolute atomic E-state index is 12.5. The first-order valence-corrected chi connectivity index (χ1v) is 9.16. The minimum atomic E-state index is -0.00108. The van der Waals surface area contributed by atoms with Gasteiger partial charge in [0, 0.05) is 25.0 Å². The summed E-state index contributed by atoms with van der Waals surface area (Å²) in [6.45, 7) is 4.19. The molecule has 7 heteroatoms. The van der Waals surface area contributed by atoms with Crippen LogP contribution in [0.15, 0.2) is 29.2 Å². The highest BCUT2D eigenvalue weighted by molar-refractivity contribution is 5.74. The minimum Gasteiger partial charge on any atom is -0.464 e. The lowest BCUT2D eigenvalue weighted by molar-refractivity contribution is 0.186. The van der Waals surface area contributed by atoms with Crippen molar-refractivity contribution in [1.82, 2.24) is 25.0 Å². The highest BCUT2D eigenvalue weighted by Gasteiger charge is 2.37. The standard InChI is InChI=1S/C18H25N5O2/c1-13-9-16(13)17-6-5-15(25-17)10-23(14-3-4-14)18(24)20-7-2-8-22-12-19-11-21-22/h5-6,11-14,16H,2-4,7-10H2,1H3,(H,20,24)/t13-,16+/m1/s1. The predicted octanol–water partition coefficient (Wildman–Crippen LogP) is 2.76. The van der Waals surface area contributed by atoms with Gasteiger partial charge in [0.15, 0.2) is 0 Å². The van der Waals surface area contributed by atoms with Gasteiger partial charge >= 0.3 is 6.03 Å². The van der Waals surface area contributed by atoms with Crippen molar-refractivity contribution in [2.75, 3.05) is 6.54 Å². The van der Waals surface area contributed by atoms with E-state index in [-0.39, 0.29) is 6.03 Å². The Labute approximate surface area is 147 Å². The summed E-state index contributed by atoms with van der Waals surface area (Å²) in [5, 5.41) is 7.08. The lowest BCUT2D eigenvalue weighted by atomic mass is 10.3. The average molecular weight is 343 g/mol. The van der Waals surface area contributed by atoms with Gasteiger partial charge in [-0.15, -0.1) is 0 Å². The van der Waals surface area contributed by atoms with Gasteiger partial charge in [0.1, 0.15) is 24.2 Å². The van der Waals surface area contributed by atoms with Gasteiger partial charge in [-0.25, -0.2) is 9.78 Å². The highest BCUT2D eigenvalue weighted by Crippen LogP contribution is 2.47. The molecular formula is C18H25N5O2. The number of hydrogen-bond acceptors (Lipinski definition) is 4. The van der Waals surface area contributed by atoms with E-state index in [0.717, 1.165) is 43.2 Å². The van der Waals surface area contributed by atoms with Gasteiger partial charge in [-0.1, -0.05) is 6.92 Å². The number of amides is 2. The molecular weight excluding hydrogens is 318 g/mol. The SMILES string of the molecule is C[C@@H]1C[C@@H]1c1ccc(CN(C(=O)NCCCn2cncn2)C2CC2)o1. The van der Waals surface area contributed by atoms with Crippen molar-refractivity contribution < 1.29 is 9.21 Å². The van der Waals surface area contributed by atoms with Crippen LogP contribution in [-0.2, 0) is 13.1 Å². The first-order chi connectivity index (χ1) is 12.2. The van der Waals surface area contributed by atoms with Crippen LogP contribution in [0.25, 0.3) is 0 Å². The molecule has 134 valence electrons. The zero-order valence-corrected chi connectivity index (χ0v) is 14.6. The van der Waals surface area contributed by atoms with Crippen molar-refractivity contribution in [2.45, 2.75) is 57.7 Å². The molecule has 2 aliphatic carbocycles. The van der Waals surface area contributed by atoms with Crippen LogP contribution in [0, 0.1) is 5.92 Å². The fraction of sp³-hybridized carbons (Fsp3) is 0.611. The van der Waals surface area contributed by atoms with E-state index in [1.54, 1.807) is 11.0 Å². The molecule has 0 unspecified atom stereocenters. The summed E-state index contributed by atoms with van der Waals surface area (Å²) < 4.78 is 7.74. The molecule has 7 nitrogen and oxygen atoms in total. The molecule has 2 heterocycles. The summed E-state index contributed by atoms with van der Waals surface area (Å²) in [7, 11) is 0. The smallest absolute Gasteiger partial charge is 0.318 e. The summed E-state index contributed by atoms with van der Waals surface area (Å²) in [5.41, 5.74) is 0. The van der Waals surface area contributed by atoms with Crippen LogP contribution in [-0.4, -0.2) is 38.3 Å². The minimum absolute atomic E-state index is 0.00108. The molecule has 25 heavy (non-hydrogen) atoms. The van der Waals surface area contributed by atoms with Crippen molar-refractivity contribution in [3.05, 3.63) is 36.3 Å². The first kappa shape index (κ1) is 16.2. The number of carbonyl (C=O) groups is 1. The maximum atomic E-state index is 12.5. The number of aryl methyl sites for hydroxylation is 1. The van der Waals surface area contributed by atoms with E-state index in [1.165, 1.54) is 12.7 Å². The quantitative estimate of drug-likeness (QED) is 0.748. The molecule has 2 aliphatic rings. The van der Waals surface area contributed by atoms with E-state index in [1.807, 2.05) is 11.0 Å². The van der Waals surface area contributed by atoms with Crippen molar-refractivity contribution >= 4 is 6.03 Å². The van der Waals surface area contributed by atoms with Gasteiger partial charge in [-0.05, 0) is 43.7 Å². The van der Waals surface area contributed by atoms with E-state index in [4.69, 9.17) is 4.42 Å². The van der Waals surface area contributed by atoms with Crippen LogP contribution in [0.2, 0.25) is 0 Å². The summed E-state index contributed by atoms with van der Waals surface area (Å²) in [6.07, 6.45) is 7.42. The highest BCUT2D eigenvalue weighted by atomic mass is 16.3. The molecule has 0 spiro atoms. The van der Waals surface area contributed by atoms with Crippen LogP contribution in [0.1, 0.15) is 50.0 Å². The Kier molecular flexibility index (Phi) is 4.46. The second-order valence-electron chi connectivity index (χ2n) is 7.23. The van der Waals surface area contributed by atoms with Crippen molar-refractivity contribution in [3.8, 4) is 0 Å². The second kappa shape index (κ2) is 6.90. The van der Waals surface area contributed by atoms with Gasteiger partial charge in [0.05, 0.1) is 6.54 Å². The average Bonchev–Trinajstić information content (AvgIpc) is 3.46. The zero-order chi connectivity index (χ0) is 17.2. The Bertz CT molecular complexity index is 707. The largest absolute Gasteiger partial charge is 0.464 e. The van der Waals surface area contributed by atoms with E-state index in [0.29, 0.717) is 25.0 Å². The van der Waals surface area contributed by atoms with Crippen molar-refractivity contribution in [3.63, 3.8) is 0 Å². The van der Waals surface area contributed by atoms with Crippen molar-refractivity contribution in [1.29, 1.82) is 0 Å². The van der Waals surface area contributed by atoms with Crippen LogP contribution < -0.4 is 5.32 Å². The van der Waals surface area contributed by atoms with Crippen molar-refractivity contribution in [2.24, 2.45) is 5.92 Å². The Morgan fingerprint density at radius 3 is 2.96 bits per heavy atom. The number of rotatable bonds is 8. The number of aromatic nitrogens is 3. The third kappa shape index (κ3) is 4.03. The number of urea groups is 1. The molecule has 1 N–H and O–H groups in total. The van der Waals surface area contributed by atoms with E-state index in [9.17, 15) is 4.79 Å². The molecule has 2 amide bonds. The molecule has 2 fully saturated rings. The second-order valence-corrected chi connectivity index (χ2v) is 7.23. The fourth-order valence-corrected chi connectivity index (χ4v) is 3.20. The summed E-state index contributed by atoms with van der Waals surface area (Å²) in [4.78, 5) is 18.4. The van der Waals surface area contributed by atoms with E-state index in [2.05, 4.69) is 28.4 Å². The Morgan fingerprint density at radius 2 is 2.28 bits per heavy atom. The normalized spacial score (nSPS) is 22.0. The zero-order valence-electron chi connectivity index (χ0n) is 14.6. The molecule has 2 atom stereocenters. The summed E-state index contributed by atoms with van der Waals surface area (Å²) in [6, 6.07) is 4.45. The summed E-state index contributed by atoms with van der Waals surface area (Å²) >= 11 is 0. The van der Waals surface area contributed by atoms with Crippen LogP contribution in [0.4, 0.5) is 4.79 Å². The van der Waals surface area contributed by atoms with Crippen LogP contribution >= 0.6 is 0 Å². The van der Waals surface area contributed by atoms with Crippen LogP contribution in [0.5, 0.6) is 0 Å². The third-order valence-electron chi connectivity index (χ3n) is 5.04. The molecule has 2 aromatic heterocycles. The Morgan fingerprint density at radius 1 is 1.44 bits per heavy atom.